The highest BCUT2D eigenvalue weighted by Crippen LogP contribution is 2.46. The van der Waals surface area contributed by atoms with E-state index in [-0.39, 0.29) is 11.3 Å². The zero-order valence-corrected chi connectivity index (χ0v) is 17.7. The number of aromatic nitrogens is 3. The maximum absolute atomic E-state index is 12.8. The van der Waals surface area contributed by atoms with Crippen molar-refractivity contribution >= 4 is 5.91 Å². The van der Waals surface area contributed by atoms with E-state index in [2.05, 4.69) is 22.3 Å². The number of hydrogen-bond donors (Lipinski definition) is 0. The predicted molar refractivity (Wildman–Crippen MR) is 117 cm³/mol. The summed E-state index contributed by atoms with van der Waals surface area (Å²) in [4.78, 5) is 23.8. The van der Waals surface area contributed by atoms with Crippen LogP contribution < -0.4 is 0 Å². The zero-order valence-electron chi connectivity index (χ0n) is 17.7. The van der Waals surface area contributed by atoms with Crippen LogP contribution in [0.2, 0.25) is 0 Å². The number of rotatable bonds is 7. The minimum Gasteiger partial charge on any atom is -0.343 e. The summed E-state index contributed by atoms with van der Waals surface area (Å²) in [5, 5.41) is 4.40. The van der Waals surface area contributed by atoms with Crippen LogP contribution in [0.1, 0.15) is 49.9 Å². The van der Waals surface area contributed by atoms with Gasteiger partial charge >= 0.3 is 0 Å². The van der Waals surface area contributed by atoms with E-state index in [1.807, 2.05) is 35.2 Å². The first-order chi connectivity index (χ1) is 15.2. The van der Waals surface area contributed by atoms with Gasteiger partial charge in [-0.15, -0.1) is 0 Å². The highest BCUT2D eigenvalue weighted by atomic mass is 16.5. The number of benzene rings is 1. The van der Waals surface area contributed by atoms with Gasteiger partial charge < -0.3 is 9.42 Å². The van der Waals surface area contributed by atoms with Gasteiger partial charge in [-0.1, -0.05) is 48.3 Å². The second-order valence-electron chi connectivity index (χ2n) is 8.96. The van der Waals surface area contributed by atoms with Crippen LogP contribution in [0, 0.1) is 5.92 Å². The van der Waals surface area contributed by atoms with E-state index in [9.17, 15) is 4.79 Å². The molecule has 6 heteroatoms. The predicted octanol–water partition coefficient (Wildman–Crippen LogP) is 4.42. The Morgan fingerprint density at radius 1 is 1.10 bits per heavy atom. The van der Waals surface area contributed by atoms with Crippen molar-refractivity contribution in [3.05, 3.63) is 66.2 Å². The van der Waals surface area contributed by atoms with Gasteiger partial charge in [0.25, 0.3) is 5.89 Å². The normalized spacial score (nSPS) is 18.1. The molecule has 1 aliphatic heterocycles. The number of aryl methyl sites for hydroxylation is 1. The summed E-state index contributed by atoms with van der Waals surface area (Å²) in [5.74, 6) is 2.32. The van der Waals surface area contributed by atoms with Crippen molar-refractivity contribution in [2.45, 2.75) is 50.4 Å². The monoisotopic (exact) mass is 416 g/mol. The highest BCUT2D eigenvalue weighted by Gasteiger charge is 2.44. The van der Waals surface area contributed by atoms with E-state index in [4.69, 9.17) is 9.51 Å². The van der Waals surface area contributed by atoms with Gasteiger partial charge in [-0.2, -0.15) is 4.98 Å². The largest absolute Gasteiger partial charge is 0.343 e. The van der Waals surface area contributed by atoms with Crippen molar-refractivity contribution in [1.29, 1.82) is 0 Å². The number of nitrogens with zero attached hydrogens (tertiary/aromatic N) is 4. The van der Waals surface area contributed by atoms with Crippen LogP contribution in [0.15, 0.2) is 59.4 Å². The van der Waals surface area contributed by atoms with Crippen molar-refractivity contribution in [3.63, 3.8) is 0 Å². The molecule has 0 unspecified atom stereocenters. The molecule has 1 saturated carbocycles. The molecule has 0 radical (unpaired) electrons. The Balaban J connectivity index is 1.26. The molecular weight excluding hydrogens is 388 g/mol. The van der Waals surface area contributed by atoms with E-state index in [1.54, 1.807) is 12.4 Å². The fourth-order valence-electron chi connectivity index (χ4n) is 4.68. The van der Waals surface area contributed by atoms with Crippen molar-refractivity contribution in [3.8, 4) is 11.5 Å². The van der Waals surface area contributed by atoms with Crippen LogP contribution in [0.4, 0.5) is 0 Å². The lowest BCUT2D eigenvalue weighted by atomic mass is 9.73. The molecule has 3 heterocycles. The van der Waals surface area contributed by atoms with Gasteiger partial charge in [-0.05, 0) is 49.3 Å². The van der Waals surface area contributed by atoms with Crippen molar-refractivity contribution in [2.75, 3.05) is 13.1 Å². The minimum atomic E-state index is -0.0959. The van der Waals surface area contributed by atoms with Gasteiger partial charge in [-0.25, -0.2) is 0 Å². The van der Waals surface area contributed by atoms with Crippen LogP contribution >= 0.6 is 0 Å². The molecule has 1 amide bonds. The second kappa shape index (κ2) is 8.61. The van der Waals surface area contributed by atoms with E-state index in [0.717, 1.165) is 56.1 Å². The minimum absolute atomic E-state index is 0.0959. The summed E-state index contributed by atoms with van der Waals surface area (Å²) in [7, 11) is 0. The topological polar surface area (TPSA) is 72.1 Å². The molecule has 5 rings (SSSR count). The molecule has 2 fully saturated rings. The second-order valence-corrected chi connectivity index (χ2v) is 8.96. The summed E-state index contributed by atoms with van der Waals surface area (Å²) in [6.45, 7) is 1.52. The fraction of sp³-hybridized carbons (Fsp3) is 0.440. The summed E-state index contributed by atoms with van der Waals surface area (Å²) in [6, 6.07) is 14.0. The average Bonchev–Trinajstić information content (AvgIpc) is 3.49. The first kappa shape index (κ1) is 19.9. The summed E-state index contributed by atoms with van der Waals surface area (Å²) in [5.41, 5.74) is 1.96. The van der Waals surface area contributed by atoms with Crippen LogP contribution in [0.25, 0.3) is 11.5 Å². The third kappa shape index (κ3) is 4.53. The molecular formula is C25H28N4O2. The van der Waals surface area contributed by atoms with Gasteiger partial charge in [-0.3, -0.25) is 9.78 Å². The molecule has 0 spiro atoms. The lowest BCUT2D eigenvalue weighted by Crippen LogP contribution is -2.46. The molecule has 0 N–H and O–H groups in total. The van der Waals surface area contributed by atoms with Crippen molar-refractivity contribution in [1.82, 2.24) is 20.0 Å². The lowest BCUT2D eigenvalue weighted by molar-refractivity contribution is -0.132. The first-order valence-electron chi connectivity index (χ1n) is 11.3. The zero-order chi connectivity index (χ0) is 21.1. The number of pyridine rings is 1. The fourth-order valence-corrected chi connectivity index (χ4v) is 4.68. The molecule has 0 bridgehead atoms. The molecule has 0 atom stereocenters. The summed E-state index contributed by atoms with van der Waals surface area (Å²) < 4.78 is 5.61. The maximum Gasteiger partial charge on any atom is 0.259 e. The molecule has 6 nitrogen and oxygen atoms in total. The Morgan fingerprint density at radius 2 is 1.90 bits per heavy atom. The first-order valence-corrected chi connectivity index (χ1v) is 11.3. The Labute approximate surface area is 182 Å². The van der Waals surface area contributed by atoms with E-state index < -0.39 is 0 Å². The van der Waals surface area contributed by atoms with Crippen molar-refractivity contribution in [2.24, 2.45) is 5.92 Å². The van der Waals surface area contributed by atoms with Gasteiger partial charge in [0.05, 0.1) is 5.56 Å². The van der Waals surface area contributed by atoms with E-state index in [1.165, 1.54) is 18.4 Å². The molecule has 160 valence electrons. The Morgan fingerprint density at radius 3 is 2.61 bits per heavy atom. The van der Waals surface area contributed by atoms with E-state index >= 15 is 0 Å². The van der Waals surface area contributed by atoms with Crippen LogP contribution in [-0.4, -0.2) is 39.0 Å². The lowest BCUT2D eigenvalue weighted by Gasteiger charge is -2.40. The average molecular weight is 417 g/mol. The SMILES string of the molecule is O=C(CCc1ccccc1)N1CCC(CC2CC2)(c2noc(-c3cccnc3)n2)CC1. The van der Waals surface area contributed by atoms with Crippen LogP contribution in [0.3, 0.4) is 0 Å². The van der Waals surface area contributed by atoms with Gasteiger partial charge in [0.1, 0.15) is 0 Å². The molecule has 31 heavy (non-hydrogen) atoms. The molecule has 1 aromatic carbocycles. The number of likely N-dealkylation sites (tertiary alicyclic amines) is 1. The Bertz CT molecular complexity index is 1010. The van der Waals surface area contributed by atoms with E-state index in [0.29, 0.717) is 12.3 Å². The molecule has 3 aromatic rings. The van der Waals surface area contributed by atoms with Crippen molar-refractivity contribution < 1.29 is 9.32 Å². The summed E-state index contributed by atoms with van der Waals surface area (Å²) in [6.07, 6.45) is 10.3. The molecule has 2 aromatic heterocycles. The van der Waals surface area contributed by atoms with Gasteiger partial charge in [0.15, 0.2) is 5.82 Å². The number of carbonyl (C=O) groups excluding carboxylic acids is 1. The quantitative estimate of drug-likeness (QED) is 0.570. The number of amides is 1. The molecule has 1 saturated heterocycles. The Hall–Kier alpha value is -3.02. The highest BCUT2D eigenvalue weighted by molar-refractivity contribution is 5.76. The number of piperidine rings is 1. The maximum atomic E-state index is 12.8. The third-order valence-corrected chi connectivity index (χ3v) is 6.73. The number of hydrogen-bond acceptors (Lipinski definition) is 5. The number of carbonyl (C=O) groups is 1. The summed E-state index contributed by atoms with van der Waals surface area (Å²) >= 11 is 0. The van der Waals surface area contributed by atoms with Crippen LogP contribution in [0.5, 0.6) is 0 Å². The standard InChI is InChI=1S/C25H28N4O2/c30-22(11-10-19-5-2-1-3-6-19)29-15-12-25(13-16-29,17-20-8-9-20)24-27-23(31-28-24)21-7-4-14-26-18-21/h1-7,14,18,20H,8-13,15-17H2. The molecule has 1 aliphatic carbocycles. The van der Waals surface area contributed by atoms with Crippen LogP contribution in [-0.2, 0) is 16.6 Å². The van der Waals surface area contributed by atoms with Gasteiger partial charge in [0, 0.05) is 37.3 Å². The molecule has 2 aliphatic rings. The Kier molecular flexibility index (Phi) is 5.53. The van der Waals surface area contributed by atoms with Gasteiger partial charge in [0.2, 0.25) is 5.91 Å². The third-order valence-electron chi connectivity index (χ3n) is 6.73. The smallest absolute Gasteiger partial charge is 0.259 e.